The zero-order valence-electron chi connectivity index (χ0n) is 11.5. The van der Waals surface area contributed by atoms with Crippen molar-refractivity contribution in [2.24, 2.45) is 5.73 Å². The summed E-state index contributed by atoms with van der Waals surface area (Å²) in [5.74, 6) is -0.118. The van der Waals surface area contributed by atoms with Gasteiger partial charge in [0.2, 0.25) is 0 Å². The Bertz CT molecular complexity index is 482. The summed E-state index contributed by atoms with van der Waals surface area (Å²) in [6.45, 7) is 0. The van der Waals surface area contributed by atoms with E-state index in [0.717, 1.165) is 18.1 Å². The van der Waals surface area contributed by atoms with Crippen molar-refractivity contribution in [3.63, 3.8) is 0 Å². The summed E-state index contributed by atoms with van der Waals surface area (Å²) in [6.07, 6.45) is 8.11. The van der Waals surface area contributed by atoms with Crippen molar-refractivity contribution in [1.82, 2.24) is 10.3 Å². The van der Waals surface area contributed by atoms with Gasteiger partial charge in [-0.3, -0.25) is 9.78 Å². The van der Waals surface area contributed by atoms with Gasteiger partial charge < -0.3 is 11.1 Å². The molecule has 108 valence electrons. The number of nitrogens with one attached hydrogen (secondary N) is 1. The van der Waals surface area contributed by atoms with E-state index in [1.165, 1.54) is 12.8 Å². The molecule has 1 heterocycles. The minimum atomic E-state index is -0.118. The highest BCUT2D eigenvalue weighted by Crippen LogP contribution is 2.26. The highest BCUT2D eigenvalue weighted by molar-refractivity contribution is 7.99. The van der Waals surface area contributed by atoms with Crippen molar-refractivity contribution in [1.29, 1.82) is 0 Å². The van der Waals surface area contributed by atoms with E-state index in [-0.39, 0.29) is 11.9 Å². The molecule has 1 aliphatic rings. The van der Waals surface area contributed by atoms with E-state index in [0.29, 0.717) is 16.2 Å². The predicted octanol–water partition coefficient (Wildman–Crippen LogP) is 2.12. The second-order valence-electron chi connectivity index (χ2n) is 4.98. The molecule has 0 atom stereocenters. The molecule has 0 unspecified atom stereocenters. The van der Waals surface area contributed by atoms with Gasteiger partial charge in [-0.05, 0) is 44.1 Å². The van der Waals surface area contributed by atoms with Crippen molar-refractivity contribution in [3.05, 3.63) is 29.6 Å². The smallest absolute Gasteiger partial charge is 0.270 e. The molecule has 1 aromatic heterocycles. The second kappa shape index (κ2) is 7.04. The zero-order chi connectivity index (χ0) is 14.5. The van der Waals surface area contributed by atoms with E-state index in [1.54, 1.807) is 18.3 Å². The minimum Gasteiger partial charge on any atom is -0.389 e. The third-order valence-corrected chi connectivity index (χ3v) is 5.00. The number of nitrogens with zero attached hydrogens (tertiary/aromatic N) is 1. The lowest BCUT2D eigenvalue weighted by molar-refractivity contribution is 0.0923. The molecule has 4 nitrogen and oxygen atoms in total. The summed E-state index contributed by atoms with van der Waals surface area (Å²) in [5.41, 5.74) is 6.60. The molecule has 0 aromatic carbocycles. The molecule has 20 heavy (non-hydrogen) atoms. The van der Waals surface area contributed by atoms with Crippen molar-refractivity contribution in [3.8, 4) is 0 Å². The van der Waals surface area contributed by atoms with Crippen LogP contribution in [0.1, 0.15) is 41.7 Å². The van der Waals surface area contributed by atoms with Gasteiger partial charge in [-0.15, -0.1) is 0 Å². The van der Waals surface area contributed by atoms with E-state index >= 15 is 0 Å². The molecule has 0 bridgehead atoms. The van der Waals surface area contributed by atoms with Crippen molar-refractivity contribution >= 4 is 34.9 Å². The Balaban J connectivity index is 1.90. The van der Waals surface area contributed by atoms with Crippen LogP contribution in [0, 0.1) is 0 Å². The van der Waals surface area contributed by atoms with Gasteiger partial charge in [0.1, 0.15) is 10.7 Å². The molecule has 3 N–H and O–H groups in total. The maximum Gasteiger partial charge on any atom is 0.270 e. The molecule has 0 aliphatic heterocycles. The van der Waals surface area contributed by atoms with Gasteiger partial charge in [0.05, 0.1) is 0 Å². The lowest BCUT2D eigenvalue weighted by Gasteiger charge is -2.27. The first-order chi connectivity index (χ1) is 9.60. The number of thiocarbonyl (C=S) groups is 1. The lowest BCUT2D eigenvalue weighted by atomic mass is 9.95. The topological polar surface area (TPSA) is 68.0 Å². The van der Waals surface area contributed by atoms with Crippen LogP contribution in [0.2, 0.25) is 0 Å². The van der Waals surface area contributed by atoms with E-state index in [9.17, 15) is 4.79 Å². The Morgan fingerprint density at radius 1 is 1.40 bits per heavy atom. The van der Waals surface area contributed by atoms with Gasteiger partial charge in [-0.1, -0.05) is 12.2 Å². The summed E-state index contributed by atoms with van der Waals surface area (Å²) in [6, 6.07) is 3.66. The SMILES string of the molecule is CSC1CCC(NC(=O)c2ccc(C(N)=S)cn2)CC1. The van der Waals surface area contributed by atoms with Crippen LogP contribution in [0.3, 0.4) is 0 Å². The van der Waals surface area contributed by atoms with E-state index in [2.05, 4.69) is 16.6 Å². The molecular weight excluding hydrogens is 290 g/mol. The number of rotatable bonds is 4. The molecule has 1 aromatic rings. The second-order valence-corrected chi connectivity index (χ2v) is 6.56. The van der Waals surface area contributed by atoms with Crippen molar-refractivity contribution < 1.29 is 4.79 Å². The van der Waals surface area contributed by atoms with Gasteiger partial charge in [0, 0.05) is 23.1 Å². The minimum absolute atomic E-state index is 0.118. The summed E-state index contributed by atoms with van der Waals surface area (Å²) < 4.78 is 0. The quantitative estimate of drug-likeness (QED) is 0.834. The van der Waals surface area contributed by atoms with Crippen LogP contribution in [0.4, 0.5) is 0 Å². The summed E-state index contributed by atoms with van der Waals surface area (Å²) in [4.78, 5) is 16.5. The molecular formula is C14H19N3OS2. The fraction of sp³-hybridized carbons (Fsp3) is 0.500. The number of nitrogens with two attached hydrogens (primary N) is 1. The molecule has 1 saturated carbocycles. The number of pyridine rings is 1. The molecule has 0 spiro atoms. The maximum absolute atomic E-state index is 12.1. The Labute approximate surface area is 128 Å². The number of carbonyl (C=O) groups is 1. The van der Waals surface area contributed by atoms with E-state index < -0.39 is 0 Å². The fourth-order valence-corrected chi connectivity index (χ4v) is 3.24. The van der Waals surface area contributed by atoms with Gasteiger partial charge in [-0.2, -0.15) is 11.8 Å². The Kier molecular flexibility index (Phi) is 5.37. The number of aromatic nitrogens is 1. The summed E-state index contributed by atoms with van der Waals surface area (Å²) in [5, 5.41) is 3.80. The predicted molar refractivity (Wildman–Crippen MR) is 87.1 cm³/mol. The first-order valence-corrected chi connectivity index (χ1v) is 8.39. The number of amides is 1. The van der Waals surface area contributed by atoms with Crippen LogP contribution in [0.15, 0.2) is 18.3 Å². The first-order valence-electron chi connectivity index (χ1n) is 6.69. The fourth-order valence-electron chi connectivity index (χ4n) is 2.38. The number of hydrogen-bond donors (Lipinski definition) is 2. The Morgan fingerprint density at radius 2 is 2.10 bits per heavy atom. The normalized spacial score (nSPS) is 22.2. The molecule has 1 fully saturated rings. The molecule has 2 rings (SSSR count). The third-order valence-electron chi connectivity index (χ3n) is 3.62. The van der Waals surface area contributed by atoms with Crippen LogP contribution in [-0.4, -0.2) is 33.4 Å². The summed E-state index contributed by atoms with van der Waals surface area (Å²) in [7, 11) is 0. The van der Waals surface area contributed by atoms with Crippen molar-refractivity contribution in [2.45, 2.75) is 37.0 Å². The largest absolute Gasteiger partial charge is 0.389 e. The summed E-state index contributed by atoms with van der Waals surface area (Å²) >= 11 is 6.78. The van der Waals surface area contributed by atoms with Crippen LogP contribution < -0.4 is 11.1 Å². The molecule has 0 saturated heterocycles. The van der Waals surface area contributed by atoms with Crippen molar-refractivity contribution in [2.75, 3.05) is 6.26 Å². The molecule has 6 heteroatoms. The number of hydrogen-bond acceptors (Lipinski definition) is 4. The van der Waals surface area contributed by atoms with Crippen LogP contribution >= 0.6 is 24.0 Å². The Hall–Kier alpha value is -1.14. The lowest BCUT2D eigenvalue weighted by Crippen LogP contribution is -2.38. The van der Waals surface area contributed by atoms with E-state index in [1.807, 2.05) is 11.8 Å². The van der Waals surface area contributed by atoms with Crippen LogP contribution in [0.25, 0.3) is 0 Å². The molecule has 1 aliphatic carbocycles. The number of carbonyl (C=O) groups excluding carboxylic acids is 1. The Morgan fingerprint density at radius 3 is 2.60 bits per heavy atom. The molecule has 0 radical (unpaired) electrons. The van der Waals surface area contributed by atoms with Crippen LogP contribution in [0.5, 0.6) is 0 Å². The van der Waals surface area contributed by atoms with Gasteiger partial charge in [0.25, 0.3) is 5.91 Å². The van der Waals surface area contributed by atoms with Crippen LogP contribution in [-0.2, 0) is 0 Å². The van der Waals surface area contributed by atoms with Gasteiger partial charge in [0.15, 0.2) is 0 Å². The van der Waals surface area contributed by atoms with Gasteiger partial charge in [-0.25, -0.2) is 0 Å². The third kappa shape index (κ3) is 3.93. The standard InChI is InChI=1S/C14H19N3OS2/c1-20-11-5-3-10(4-6-11)17-14(18)12-7-2-9(8-16-12)13(15)19/h2,7-8,10-11H,3-6H2,1H3,(H2,15,19)(H,17,18). The average molecular weight is 309 g/mol. The van der Waals surface area contributed by atoms with E-state index in [4.69, 9.17) is 18.0 Å². The highest BCUT2D eigenvalue weighted by Gasteiger charge is 2.22. The number of thioether (sulfide) groups is 1. The zero-order valence-corrected chi connectivity index (χ0v) is 13.1. The highest BCUT2D eigenvalue weighted by atomic mass is 32.2. The average Bonchev–Trinajstić information content (AvgIpc) is 2.48. The monoisotopic (exact) mass is 309 g/mol. The molecule has 1 amide bonds. The maximum atomic E-state index is 12.1. The first kappa shape index (κ1) is 15.3. The van der Waals surface area contributed by atoms with Gasteiger partial charge >= 0.3 is 0 Å².